The first kappa shape index (κ1) is 27.0. The summed E-state index contributed by atoms with van der Waals surface area (Å²) in [4.78, 5) is 11.7. The summed E-state index contributed by atoms with van der Waals surface area (Å²) in [6.45, 7) is 6.97. The van der Waals surface area contributed by atoms with E-state index in [2.05, 4.69) is 54.2 Å². The van der Waals surface area contributed by atoms with Crippen LogP contribution in [0.4, 0.5) is 0 Å². The van der Waals surface area contributed by atoms with Gasteiger partial charge in [-0.05, 0) is 57.0 Å². The summed E-state index contributed by atoms with van der Waals surface area (Å²) >= 11 is 0. The number of aliphatic imine (C=N–C) groups is 1. The van der Waals surface area contributed by atoms with Crippen molar-refractivity contribution in [2.75, 3.05) is 6.61 Å². The lowest BCUT2D eigenvalue weighted by molar-refractivity contribution is 0.239. The number of H-pyrrole nitrogens is 2. The highest BCUT2D eigenvalue weighted by Gasteiger charge is 2.18. The van der Waals surface area contributed by atoms with Gasteiger partial charge in [0.2, 0.25) is 0 Å². The van der Waals surface area contributed by atoms with Crippen LogP contribution in [0.1, 0.15) is 101 Å². The van der Waals surface area contributed by atoms with Gasteiger partial charge in [0.15, 0.2) is 0 Å². The van der Waals surface area contributed by atoms with Crippen molar-refractivity contribution in [3.8, 4) is 0 Å². The maximum Gasteiger partial charge on any atom is 0.147 e. The molecule has 0 unspecified atom stereocenters. The van der Waals surface area contributed by atoms with Gasteiger partial charge in [-0.25, -0.2) is 4.99 Å². The van der Waals surface area contributed by atoms with Crippen molar-refractivity contribution in [3.63, 3.8) is 0 Å². The third-order valence-corrected chi connectivity index (χ3v) is 6.03. The molecular formula is C28H42ClN3O. The van der Waals surface area contributed by atoms with Gasteiger partial charge in [-0.15, -0.1) is 12.4 Å². The number of aromatic amines is 2. The van der Waals surface area contributed by atoms with Crippen LogP contribution in [0.2, 0.25) is 0 Å². The van der Waals surface area contributed by atoms with Crippen molar-refractivity contribution in [2.24, 2.45) is 4.99 Å². The van der Waals surface area contributed by atoms with E-state index in [0.29, 0.717) is 6.61 Å². The van der Waals surface area contributed by atoms with E-state index in [1.807, 2.05) is 13.0 Å². The zero-order chi connectivity index (χ0) is 22.6. The summed E-state index contributed by atoms with van der Waals surface area (Å²) in [6, 6.07) is 8.49. The fourth-order valence-corrected chi connectivity index (χ4v) is 4.22. The Morgan fingerprint density at radius 1 is 0.848 bits per heavy atom. The average molecular weight is 472 g/mol. The number of aromatic nitrogens is 2. The van der Waals surface area contributed by atoms with E-state index >= 15 is 0 Å². The van der Waals surface area contributed by atoms with E-state index < -0.39 is 0 Å². The van der Waals surface area contributed by atoms with Crippen LogP contribution < -0.4 is 0 Å². The van der Waals surface area contributed by atoms with E-state index in [-0.39, 0.29) is 12.4 Å². The topological polar surface area (TPSA) is 53.2 Å². The van der Waals surface area contributed by atoms with Crippen molar-refractivity contribution >= 4 is 24.2 Å². The van der Waals surface area contributed by atoms with Crippen molar-refractivity contribution in [1.29, 1.82) is 0 Å². The molecule has 182 valence electrons. The molecule has 1 aliphatic rings. The Kier molecular flexibility index (Phi) is 12.2. The lowest BCUT2D eigenvalue weighted by Crippen LogP contribution is -1.94. The van der Waals surface area contributed by atoms with E-state index in [1.54, 1.807) is 0 Å². The molecule has 4 nitrogen and oxygen atoms in total. The van der Waals surface area contributed by atoms with Crippen molar-refractivity contribution < 1.29 is 4.74 Å². The molecule has 0 saturated heterocycles. The number of rotatable bonds is 15. The number of hydrogen-bond acceptors (Lipinski definition) is 2. The summed E-state index contributed by atoms with van der Waals surface area (Å²) in [7, 11) is 0. The lowest BCUT2D eigenvalue weighted by Gasteiger charge is -2.04. The van der Waals surface area contributed by atoms with Crippen molar-refractivity contribution in [1.82, 2.24) is 9.97 Å². The first-order valence-corrected chi connectivity index (χ1v) is 12.7. The number of nitrogens with zero attached hydrogens (tertiary/aromatic N) is 1. The summed E-state index contributed by atoms with van der Waals surface area (Å²) < 4.78 is 5.84. The second-order valence-corrected chi connectivity index (χ2v) is 8.89. The van der Waals surface area contributed by atoms with Crippen molar-refractivity contribution in [3.05, 3.63) is 64.6 Å². The van der Waals surface area contributed by atoms with Gasteiger partial charge in [0.05, 0.1) is 18.0 Å². The van der Waals surface area contributed by atoms with E-state index in [1.165, 1.54) is 69.9 Å². The number of aryl methyl sites for hydroxylation is 2. The molecule has 2 aromatic heterocycles. The fraction of sp³-hybridized carbons (Fsp3) is 0.536. The lowest BCUT2D eigenvalue weighted by atomic mass is 10.1. The molecular weight excluding hydrogens is 430 g/mol. The standard InChI is InChI=1S/C28H41N3O.ClH/c1-4-6-7-8-9-10-11-12-13-14-15-23-17-18-24(30-23)20-27-28(32-5-2)21-26(31-27)25-19-16-22(3)29-25;/h16-21,29-30H,4-15H2,1-3H3;1H. The third-order valence-electron chi connectivity index (χ3n) is 6.03. The third kappa shape index (κ3) is 8.92. The molecule has 33 heavy (non-hydrogen) atoms. The smallest absolute Gasteiger partial charge is 0.147 e. The maximum atomic E-state index is 5.84. The number of halogens is 1. The minimum atomic E-state index is 0. The number of ether oxygens (including phenoxy) is 1. The molecule has 1 aliphatic heterocycles. The SMILES string of the molecule is CCCCCCCCCCCCc1ccc(C=C2N=C(c3ccc(C)[nH]3)C=C2OCC)[nH]1.Cl. The second kappa shape index (κ2) is 14.8. The van der Waals surface area contributed by atoms with Gasteiger partial charge in [-0.3, -0.25) is 0 Å². The molecule has 0 aromatic carbocycles. The number of allylic oxidation sites excluding steroid dienone is 1. The van der Waals surface area contributed by atoms with Gasteiger partial charge < -0.3 is 14.7 Å². The molecule has 3 rings (SSSR count). The monoisotopic (exact) mass is 471 g/mol. The first-order chi connectivity index (χ1) is 15.7. The van der Waals surface area contributed by atoms with Gasteiger partial charge >= 0.3 is 0 Å². The Morgan fingerprint density at radius 2 is 1.55 bits per heavy atom. The van der Waals surface area contributed by atoms with Crippen LogP contribution in [-0.4, -0.2) is 22.3 Å². The molecule has 0 fully saturated rings. The molecule has 0 bridgehead atoms. The summed E-state index contributed by atoms with van der Waals surface area (Å²) in [5.41, 5.74) is 6.34. The van der Waals surface area contributed by atoms with E-state index in [9.17, 15) is 0 Å². The van der Waals surface area contributed by atoms with Crippen LogP contribution in [0.15, 0.2) is 46.8 Å². The predicted molar refractivity (Wildman–Crippen MR) is 143 cm³/mol. The minimum Gasteiger partial charge on any atom is -0.492 e. The molecule has 2 N–H and O–H groups in total. The number of nitrogens with one attached hydrogen (secondary N) is 2. The highest BCUT2D eigenvalue weighted by Crippen LogP contribution is 2.25. The van der Waals surface area contributed by atoms with Crippen LogP contribution >= 0.6 is 12.4 Å². The average Bonchev–Trinajstić information content (AvgIpc) is 3.51. The van der Waals surface area contributed by atoms with E-state index in [0.717, 1.165) is 40.7 Å². The zero-order valence-corrected chi connectivity index (χ0v) is 21.5. The second-order valence-electron chi connectivity index (χ2n) is 8.89. The quantitative estimate of drug-likeness (QED) is 0.252. The molecule has 5 heteroatoms. The highest BCUT2D eigenvalue weighted by molar-refractivity contribution is 6.11. The predicted octanol–water partition coefficient (Wildman–Crippen LogP) is 8.30. The summed E-state index contributed by atoms with van der Waals surface area (Å²) in [5.74, 6) is 0.834. The number of hydrogen-bond donors (Lipinski definition) is 2. The van der Waals surface area contributed by atoms with Crippen LogP contribution in [0.5, 0.6) is 0 Å². The molecule has 2 aromatic rings. The van der Waals surface area contributed by atoms with Crippen LogP contribution in [0.3, 0.4) is 0 Å². The Bertz CT molecular complexity index is 919. The van der Waals surface area contributed by atoms with Crippen LogP contribution in [0, 0.1) is 6.92 Å². The molecule has 0 saturated carbocycles. The Balaban J connectivity index is 0.00000385. The molecule has 0 radical (unpaired) electrons. The normalized spacial score (nSPS) is 14.3. The van der Waals surface area contributed by atoms with Gasteiger partial charge in [-0.2, -0.15) is 0 Å². The molecule has 3 heterocycles. The van der Waals surface area contributed by atoms with Gasteiger partial charge in [0, 0.05) is 23.2 Å². The van der Waals surface area contributed by atoms with Gasteiger partial charge in [0.1, 0.15) is 11.5 Å². The summed E-state index contributed by atoms with van der Waals surface area (Å²) in [5, 5.41) is 0. The highest BCUT2D eigenvalue weighted by atomic mass is 35.5. The van der Waals surface area contributed by atoms with Gasteiger partial charge in [0.25, 0.3) is 0 Å². The first-order valence-electron chi connectivity index (χ1n) is 12.7. The number of unbranched alkanes of at least 4 members (excludes halogenated alkanes) is 9. The van der Waals surface area contributed by atoms with E-state index in [4.69, 9.17) is 9.73 Å². The Hall–Kier alpha value is -2.20. The van der Waals surface area contributed by atoms with Gasteiger partial charge in [-0.1, -0.05) is 64.7 Å². The minimum absolute atomic E-state index is 0. The van der Waals surface area contributed by atoms with Crippen molar-refractivity contribution in [2.45, 2.75) is 91.4 Å². The molecule has 0 amide bonds. The molecule has 0 aliphatic carbocycles. The molecule has 0 atom stereocenters. The van der Waals surface area contributed by atoms with Crippen LogP contribution in [-0.2, 0) is 11.2 Å². The Labute approximate surface area is 206 Å². The fourth-order valence-electron chi connectivity index (χ4n) is 4.22. The summed E-state index contributed by atoms with van der Waals surface area (Å²) in [6.07, 6.45) is 19.0. The van der Waals surface area contributed by atoms with Crippen LogP contribution in [0.25, 0.3) is 6.08 Å². The largest absolute Gasteiger partial charge is 0.492 e. The zero-order valence-electron chi connectivity index (χ0n) is 20.7. The Morgan fingerprint density at radius 3 is 2.18 bits per heavy atom. The molecule has 0 spiro atoms. The maximum absolute atomic E-state index is 5.84.